The maximum atomic E-state index is 13.2. The molecule has 1 atom stereocenters. The first kappa shape index (κ1) is 27.9. The van der Waals surface area contributed by atoms with Crippen molar-refractivity contribution >= 4 is 17.6 Å². The molecule has 8 nitrogen and oxygen atoms in total. The van der Waals surface area contributed by atoms with Gasteiger partial charge < -0.3 is 24.3 Å². The molecular formula is C32H33FN4O4. The second kappa shape index (κ2) is 13.1. The van der Waals surface area contributed by atoms with Gasteiger partial charge in [0.05, 0.1) is 19.1 Å². The molecule has 41 heavy (non-hydrogen) atoms. The highest BCUT2D eigenvalue weighted by molar-refractivity contribution is 5.86. The van der Waals surface area contributed by atoms with Gasteiger partial charge in [-0.3, -0.25) is 4.79 Å². The first-order valence-corrected chi connectivity index (χ1v) is 13.7. The number of nitrogens with zero attached hydrogens (tertiary/aromatic N) is 3. The van der Waals surface area contributed by atoms with E-state index in [1.54, 1.807) is 18.5 Å². The molecule has 2 heterocycles. The molecule has 0 spiro atoms. The smallest absolute Gasteiger partial charge is 0.328 e. The molecule has 1 saturated heterocycles. The van der Waals surface area contributed by atoms with Gasteiger partial charge in [0.2, 0.25) is 5.91 Å². The molecule has 5 rings (SSSR count). The van der Waals surface area contributed by atoms with Gasteiger partial charge in [-0.2, -0.15) is 0 Å². The van der Waals surface area contributed by atoms with Gasteiger partial charge in [-0.1, -0.05) is 36.4 Å². The maximum absolute atomic E-state index is 13.2. The molecule has 1 N–H and O–H groups in total. The number of esters is 1. The number of carbonyl (C=O) groups is 2. The summed E-state index contributed by atoms with van der Waals surface area (Å²) in [6, 6.07) is 22.8. The van der Waals surface area contributed by atoms with Crippen LogP contribution in [0.3, 0.4) is 0 Å². The lowest BCUT2D eigenvalue weighted by atomic mass is 9.95. The van der Waals surface area contributed by atoms with E-state index in [-0.39, 0.29) is 24.1 Å². The minimum absolute atomic E-state index is 0.155. The van der Waals surface area contributed by atoms with Crippen molar-refractivity contribution in [2.75, 3.05) is 25.1 Å². The standard InChI is InChI=1S/C32H33FN4O4/c1-40-32(39)30(18-26-21-36(22-34-26)20-23-6-3-2-4-7-23)35-31(38)24-14-16-37(17-15-24)27-8-5-9-29(19-27)41-28-12-10-25(33)11-13-28/h2-13,19,21-22,24,30H,14-18,20H2,1H3,(H,35,38). The molecule has 1 fully saturated rings. The number of methoxy groups -OCH3 is 1. The van der Waals surface area contributed by atoms with Crippen molar-refractivity contribution in [1.29, 1.82) is 0 Å². The highest BCUT2D eigenvalue weighted by Crippen LogP contribution is 2.29. The minimum atomic E-state index is -0.814. The molecule has 0 radical (unpaired) electrons. The lowest BCUT2D eigenvalue weighted by molar-refractivity contribution is -0.145. The number of nitrogens with one attached hydrogen (secondary N) is 1. The van der Waals surface area contributed by atoms with Crippen molar-refractivity contribution in [1.82, 2.24) is 14.9 Å². The maximum Gasteiger partial charge on any atom is 0.328 e. The third-order valence-electron chi connectivity index (χ3n) is 7.21. The molecule has 4 aromatic rings. The Kier molecular flexibility index (Phi) is 8.93. The minimum Gasteiger partial charge on any atom is -0.467 e. The molecule has 212 valence electrons. The fraction of sp³-hybridized carbons (Fsp3) is 0.281. The third kappa shape index (κ3) is 7.51. The number of halogens is 1. The van der Waals surface area contributed by atoms with E-state index in [4.69, 9.17) is 9.47 Å². The van der Waals surface area contributed by atoms with Crippen LogP contribution in [0.2, 0.25) is 0 Å². The second-order valence-corrected chi connectivity index (χ2v) is 10.1. The van der Waals surface area contributed by atoms with Crippen LogP contribution in [-0.4, -0.2) is 47.7 Å². The average molecular weight is 557 g/mol. The van der Waals surface area contributed by atoms with E-state index in [9.17, 15) is 14.0 Å². The number of piperidine rings is 1. The summed E-state index contributed by atoms with van der Waals surface area (Å²) >= 11 is 0. The quantitative estimate of drug-likeness (QED) is 0.278. The van der Waals surface area contributed by atoms with Gasteiger partial charge in [-0.25, -0.2) is 14.2 Å². The first-order chi connectivity index (χ1) is 20.0. The van der Waals surface area contributed by atoms with Gasteiger partial charge in [0.15, 0.2) is 0 Å². The zero-order valence-corrected chi connectivity index (χ0v) is 22.9. The van der Waals surface area contributed by atoms with E-state index in [2.05, 4.69) is 15.2 Å². The fourth-order valence-electron chi connectivity index (χ4n) is 5.01. The molecule has 3 aromatic carbocycles. The number of anilines is 1. The summed E-state index contributed by atoms with van der Waals surface area (Å²) in [4.78, 5) is 32.4. The Balaban J connectivity index is 1.15. The lowest BCUT2D eigenvalue weighted by Crippen LogP contribution is -2.48. The van der Waals surface area contributed by atoms with Crippen LogP contribution in [0.4, 0.5) is 10.1 Å². The highest BCUT2D eigenvalue weighted by Gasteiger charge is 2.30. The van der Waals surface area contributed by atoms with Gasteiger partial charge >= 0.3 is 5.97 Å². The number of benzene rings is 3. The molecule has 1 unspecified atom stereocenters. The van der Waals surface area contributed by atoms with Crippen molar-refractivity contribution < 1.29 is 23.5 Å². The number of hydrogen-bond donors (Lipinski definition) is 1. The molecule has 1 aliphatic rings. The van der Waals surface area contributed by atoms with Gasteiger partial charge in [0, 0.05) is 49.9 Å². The lowest BCUT2D eigenvalue weighted by Gasteiger charge is -2.33. The number of hydrogen-bond acceptors (Lipinski definition) is 6. The van der Waals surface area contributed by atoms with E-state index >= 15 is 0 Å². The topological polar surface area (TPSA) is 85.7 Å². The Bertz CT molecular complexity index is 1450. The molecule has 1 aliphatic heterocycles. The fourth-order valence-corrected chi connectivity index (χ4v) is 5.01. The van der Waals surface area contributed by atoms with Crippen molar-refractivity contribution in [3.8, 4) is 11.5 Å². The van der Waals surface area contributed by atoms with Crippen LogP contribution in [0.15, 0.2) is 91.4 Å². The normalized spacial score (nSPS) is 14.3. The number of carbonyl (C=O) groups excluding carboxylic acids is 2. The van der Waals surface area contributed by atoms with E-state index in [0.29, 0.717) is 49.7 Å². The van der Waals surface area contributed by atoms with Crippen LogP contribution < -0.4 is 15.0 Å². The molecular weight excluding hydrogens is 523 g/mol. The van der Waals surface area contributed by atoms with Crippen LogP contribution in [0.25, 0.3) is 0 Å². The van der Waals surface area contributed by atoms with Crippen LogP contribution in [0, 0.1) is 11.7 Å². The van der Waals surface area contributed by atoms with Crippen molar-refractivity contribution in [3.63, 3.8) is 0 Å². The van der Waals surface area contributed by atoms with Crippen LogP contribution in [-0.2, 0) is 27.3 Å². The van der Waals surface area contributed by atoms with Crippen LogP contribution in [0.1, 0.15) is 24.1 Å². The monoisotopic (exact) mass is 556 g/mol. The zero-order chi connectivity index (χ0) is 28.6. The van der Waals surface area contributed by atoms with Crippen LogP contribution >= 0.6 is 0 Å². The second-order valence-electron chi connectivity index (χ2n) is 10.1. The SMILES string of the molecule is COC(=O)C(Cc1cn(Cc2ccccc2)cn1)NC(=O)C1CCN(c2cccc(Oc3ccc(F)cc3)c2)CC1. The first-order valence-electron chi connectivity index (χ1n) is 13.7. The molecule has 1 aromatic heterocycles. The molecule has 9 heteroatoms. The van der Waals surface area contributed by atoms with E-state index in [1.807, 2.05) is 65.4 Å². The predicted molar refractivity (Wildman–Crippen MR) is 153 cm³/mol. The zero-order valence-electron chi connectivity index (χ0n) is 22.9. The van der Waals surface area contributed by atoms with Crippen molar-refractivity contribution in [3.05, 3.63) is 108 Å². The van der Waals surface area contributed by atoms with Crippen LogP contribution in [0.5, 0.6) is 11.5 Å². The Morgan fingerprint density at radius 3 is 2.49 bits per heavy atom. The van der Waals surface area contributed by atoms with Gasteiger partial charge in [0.25, 0.3) is 0 Å². The number of rotatable bonds is 10. The van der Waals surface area contributed by atoms with Gasteiger partial charge in [0.1, 0.15) is 23.4 Å². The number of imidazole rings is 1. The van der Waals surface area contributed by atoms with E-state index in [0.717, 1.165) is 11.3 Å². The summed E-state index contributed by atoms with van der Waals surface area (Å²) in [5, 5.41) is 2.91. The molecule has 0 aliphatic carbocycles. The van der Waals surface area contributed by atoms with Crippen molar-refractivity contribution in [2.45, 2.75) is 31.8 Å². The van der Waals surface area contributed by atoms with Gasteiger partial charge in [-0.15, -0.1) is 0 Å². The third-order valence-corrected chi connectivity index (χ3v) is 7.21. The summed E-state index contributed by atoms with van der Waals surface area (Å²) in [7, 11) is 1.32. The number of aromatic nitrogens is 2. The molecule has 0 saturated carbocycles. The predicted octanol–water partition coefficient (Wildman–Crippen LogP) is 4.98. The van der Waals surface area contributed by atoms with E-state index < -0.39 is 12.0 Å². The number of ether oxygens (including phenoxy) is 2. The summed E-state index contributed by atoms with van der Waals surface area (Å²) in [5.41, 5.74) is 2.84. The van der Waals surface area contributed by atoms with E-state index in [1.165, 1.54) is 19.2 Å². The number of amides is 1. The summed E-state index contributed by atoms with van der Waals surface area (Å²) in [5.74, 6) is 0.0323. The van der Waals surface area contributed by atoms with Crippen molar-refractivity contribution in [2.24, 2.45) is 5.92 Å². The Morgan fingerprint density at radius 2 is 1.76 bits per heavy atom. The molecule has 1 amide bonds. The summed E-state index contributed by atoms with van der Waals surface area (Å²) < 4.78 is 26.0. The summed E-state index contributed by atoms with van der Waals surface area (Å²) in [6.07, 6.45) is 5.16. The molecule has 0 bridgehead atoms. The Morgan fingerprint density at radius 1 is 1.00 bits per heavy atom. The average Bonchev–Trinajstić information content (AvgIpc) is 3.44. The Hall–Kier alpha value is -4.66. The largest absolute Gasteiger partial charge is 0.467 e. The Labute approximate surface area is 238 Å². The highest BCUT2D eigenvalue weighted by atomic mass is 19.1. The summed E-state index contributed by atoms with van der Waals surface area (Å²) in [6.45, 7) is 2.04. The van der Waals surface area contributed by atoms with Gasteiger partial charge in [-0.05, 0) is 54.8 Å².